The number of aromatic amines is 1. The molecule has 0 aliphatic heterocycles. The number of azo groups is 1. The molecule has 4 heterocycles. The smallest absolute Gasteiger partial charge is 0.252 e. The first-order chi connectivity index (χ1) is 12.2. The van der Waals surface area contributed by atoms with Crippen molar-refractivity contribution in [2.24, 2.45) is 10.2 Å². The Kier molecular flexibility index (Phi) is 3.28. The molecule has 0 aromatic carbocycles. The Bertz CT molecular complexity index is 1120. The van der Waals surface area contributed by atoms with Gasteiger partial charge in [-0.2, -0.15) is 19.8 Å². The zero-order valence-corrected chi connectivity index (χ0v) is 13.3. The molecule has 0 atom stereocenters. The lowest BCUT2D eigenvalue weighted by Crippen LogP contribution is -1.98. The van der Waals surface area contributed by atoms with Gasteiger partial charge in [0.15, 0.2) is 23.0 Å². The van der Waals surface area contributed by atoms with E-state index in [2.05, 4.69) is 45.4 Å². The summed E-state index contributed by atoms with van der Waals surface area (Å²) in [6, 6.07) is 1.67. The molecule has 0 radical (unpaired) electrons. The van der Waals surface area contributed by atoms with Crippen LogP contribution in [0.5, 0.6) is 0 Å². The first kappa shape index (κ1) is 14.6. The van der Waals surface area contributed by atoms with Gasteiger partial charge in [0.1, 0.15) is 12.2 Å². The third kappa shape index (κ3) is 2.32. The molecule has 0 saturated carbocycles. The number of fused-ring (bicyclic) bond motifs is 1. The maximum Gasteiger partial charge on any atom is 0.252 e. The van der Waals surface area contributed by atoms with Gasteiger partial charge in [-0.05, 0) is 13.8 Å². The van der Waals surface area contributed by atoms with E-state index in [4.69, 9.17) is 6.57 Å². The number of nitrogens with one attached hydrogen (secondary N) is 1. The van der Waals surface area contributed by atoms with Gasteiger partial charge in [0, 0.05) is 12.3 Å². The van der Waals surface area contributed by atoms with Crippen LogP contribution in [0.4, 0.5) is 17.2 Å². The summed E-state index contributed by atoms with van der Waals surface area (Å²) in [5.74, 6) is 1.49. The van der Waals surface area contributed by atoms with Crippen LogP contribution in [0.2, 0.25) is 0 Å². The number of hydrogen-bond donors (Lipinski definition) is 1. The molecule has 0 unspecified atom stereocenters. The number of H-pyrrole nitrogens is 1. The van der Waals surface area contributed by atoms with Gasteiger partial charge in [-0.1, -0.05) is 0 Å². The molecule has 25 heavy (non-hydrogen) atoms. The van der Waals surface area contributed by atoms with Crippen molar-refractivity contribution in [1.82, 2.24) is 39.6 Å². The summed E-state index contributed by atoms with van der Waals surface area (Å²) in [6.07, 6.45) is 4.40. The van der Waals surface area contributed by atoms with Crippen molar-refractivity contribution >= 4 is 22.8 Å². The topological polar surface area (TPSA) is 119 Å². The maximum absolute atomic E-state index is 7.29. The van der Waals surface area contributed by atoms with E-state index in [0.717, 1.165) is 0 Å². The molecular weight excluding hydrogens is 322 g/mol. The fraction of sp³-hybridized carbons (Fsp3) is 0.143. The normalized spacial score (nSPS) is 11.4. The molecule has 0 fully saturated rings. The minimum absolute atomic E-state index is 0.268. The van der Waals surface area contributed by atoms with Crippen LogP contribution in [0.1, 0.15) is 11.5 Å². The summed E-state index contributed by atoms with van der Waals surface area (Å²) in [5, 5.41) is 24.0. The molecule has 0 spiro atoms. The Morgan fingerprint density at radius 3 is 2.92 bits per heavy atom. The second kappa shape index (κ2) is 5.60. The molecule has 1 N–H and O–H groups in total. The lowest BCUT2D eigenvalue weighted by molar-refractivity contribution is 0.832. The summed E-state index contributed by atoms with van der Waals surface area (Å²) in [6.45, 7) is 11.0. The van der Waals surface area contributed by atoms with Gasteiger partial charge >= 0.3 is 0 Å². The molecule has 11 nitrogen and oxygen atoms in total. The van der Waals surface area contributed by atoms with Crippen molar-refractivity contribution in [3.05, 3.63) is 47.7 Å². The Balaban J connectivity index is 1.83. The summed E-state index contributed by atoms with van der Waals surface area (Å²) in [4.78, 5) is 11.4. The van der Waals surface area contributed by atoms with Gasteiger partial charge in [-0.3, -0.25) is 5.10 Å². The van der Waals surface area contributed by atoms with E-state index >= 15 is 0 Å². The van der Waals surface area contributed by atoms with E-state index in [1.807, 2.05) is 13.8 Å². The molecule has 122 valence electrons. The Morgan fingerprint density at radius 1 is 1.28 bits per heavy atom. The fourth-order valence-corrected chi connectivity index (χ4v) is 2.33. The molecule has 0 bridgehead atoms. The van der Waals surface area contributed by atoms with Crippen LogP contribution in [-0.2, 0) is 0 Å². The quantitative estimate of drug-likeness (QED) is 0.456. The van der Waals surface area contributed by atoms with Gasteiger partial charge in [0.05, 0.1) is 18.5 Å². The maximum atomic E-state index is 7.29. The van der Waals surface area contributed by atoms with Crippen LogP contribution in [0.25, 0.3) is 16.3 Å². The molecule has 11 heteroatoms. The predicted octanol–water partition coefficient (Wildman–Crippen LogP) is 2.62. The molecule has 0 saturated heterocycles. The predicted molar refractivity (Wildman–Crippen MR) is 86.4 cm³/mol. The van der Waals surface area contributed by atoms with Gasteiger partial charge in [-0.25, -0.2) is 19.5 Å². The fourth-order valence-electron chi connectivity index (χ4n) is 2.33. The van der Waals surface area contributed by atoms with Gasteiger partial charge in [0.2, 0.25) is 0 Å². The molecule has 0 amide bonds. The number of aryl methyl sites for hydroxylation is 2. The molecule has 4 rings (SSSR count). The first-order valence-electron chi connectivity index (χ1n) is 7.23. The highest BCUT2D eigenvalue weighted by atomic mass is 15.4. The van der Waals surface area contributed by atoms with Crippen LogP contribution in [0, 0.1) is 20.4 Å². The van der Waals surface area contributed by atoms with Crippen LogP contribution >= 0.6 is 0 Å². The third-order valence-electron chi connectivity index (χ3n) is 3.53. The zero-order chi connectivity index (χ0) is 17.4. The van der Waals surface area contributed by atoms with E-state index in [-0.39, 0.29) is 11.5 Å². The average molecular weight is 333 g/mol. The van der Waals surface area contributed by atoms with Crippen LogP contribution < -0.4 is 0 Å². The van der Waals surface area contributed by atoms with Crippen molar-refractivity contribution in [3.8, 4) is 5.82 Å². The second-order valence-corrected chi connectivity index (χ2v) is 5.11. The molecule has 0 aliphatic carbocycles. The van der Waals surface area contributed by atoms with Crippen molar-refractivity contribution in [1.29, 1.82) is 0 Å². The highest BCUT2D eigenvalue weighted by molar-refractivity contribution is 5.67. The lowest BCUT2D eigenvalue weighted by Gasteiger charge is -2.01. The SMILES string of the molecule is [C-]#[N+]c1cnn(-c2ccncn2)c1/N=N/c1c(C)nn2c(C)n[nH]c12. The minimum atomic E-state index is 0.268. The van der Waals surface area contributed by atoms with Gasteiger partial charge in [0.25, 0.3) is 5.69 Å². The summed E-state index contributed by atoms with van der Waals surface area (Å²) >= 11 is 0. The number of aromatic nitrogens is 8. The Labute approximate surface area is 140 Å². The summed E-state index contributed by atoms with van der Waals surface area (Å²) in [7, 11) is 0. The molecule has 4 aromatic rings. The van der Waals surface area contributed by atoms with E-state index in [9.17, 15) is 0 Å². The van der Waals surface area contributed by atoms with Crippen molar-refractivity contribution in [2.45, 2.75) is 13.8 Å². The van der Waals surface area contributed by atoms with E-state index in [0.29, 0.717) is 28.7 Å². The summed E-state index contributed by atoms with van der Waals surface area (Å²) in [5.41, 5.74) is 2.14. The van der Waals surface area contributed by atoms with Crippen LogP contribution in [0.15, 0.2) is 35.0 Å². The largest absolute Gasteiger partial charge is 0.258 e. The van der Waals surface area contributed by atoms with E-state index in [1.54, 1.807) is 16.8 Å². The van der Waals surface area contributed by atoms with Crippen molar-refractivity contribution < 1.29 is 0 Å². The Hall–Kier alpha value is -3.94. The molecular formula is C14H11N11. The number of rotatable bonds is 3. The second-order valence-electron chi connectivity index (χ2n) is 5.11. The monoisotopic (exact) mass is 333 g/mol. The molecule has 4 aromatic heterocycles. The standard InChI is InChI=1S/C14H11N11/c1-8-12(14-22-19-9(2)24(14)23-8)20-21-13-10(15-3)6-18-25(13)11-4-5-16-7-17-11/h4-7,22H,1-2H3/b21-20+. The van der Waals surface area contributed by atoms with E-state index < -0.39 is 0 Å². The first-order valence-corrected chi connectivity index (χ1v) is 7.23. The average Bonchev–Trinajstić information content (AvgIpc) is 3.29. The van der Waals surface area contributed by atoms with Crippen molar-refractivity contribution in [3.63, 3.8) is 0 Å². The molecule has 0 aliphatic rings. The lowest BCUT2D eigenvalue weighted by atomic mass is 10.4. The highest BCUT2D eigenvalue weighted by Gasteiger charge is 2.16. The minimum Gasteiger partial charge on any atom is -0.258 e. The van der Waals surface area contributed by atoms with Crippen molar-refractivity contribution in [2.75, 3.05) is 0 Å². The van der Waals surface area contributed by atoms with Crippen LogP contribution in [-0.4, -0.2) is 39.6 Å². The highest BCUT2D eigenvalue weighted by Crippen LogP contribution is 2.32. The zero-order valence-electron chi connectivity index (χ0n) is 13.3. The van der Waals surface area contributed by atoms with E-state index in [1.165, 1.54) is 17.2 Å². The summed E-state index contributed by atoms with van der Waals surface area (Å²) < 4.78 is 3.09. The Morgan fingerprint density at radius 2 is 2.16 bits per heavy atom. The van der Waals surface area contributed by atoms with Gasteiger partial charge < -0.3 is 0 Å². The number of nitrogens with zero attached hydrogens (tertiary/aromatic N) is 10. The van der Waals surface area contributed by atoms with Gasteiger partial charge in [-0.15, -0.1) is 10.2 Å². The third-order valence-corrected chi connectivity index (χ3v) is 3.53. The van der Waals surface area contributed by atoms with Crippen LogP contribution in [0.3, 0.4) is 0 Å². The number of hydrogen-bond acceptors (Lipinski definition) is 7.